The van der Waals surface area contributed by atoms with E-state index in [1.807, 2.05) is 0 Å². The first kappa shape index (κ1) is 15.6. The molecule has 2 N–H and O–H groups in total. The van der Waals surface area contributed by atoms with E-state index in [9.17, 15) is 4.79 Å². The molecule has 1 aliphatic heterocycles. The van der Waals surface area contributed by atoms with Crippen molar-refractivity contribution < 1.29 is 4.79 Å². The van der Waals surface area contributed by atoms with Crippen LogP contribution >= 0.6 is 23.2 Å². The Labute approximate surface area is 129 Å². The van der Waals surface area contributed by atoms with Gasteiger partial charge in [-0.1, -0.05) is 23.2 Å². The number of nitrogens with zero attached hydrogens (tertiary/aromatic N) is 1. The second kappa shape index (κ2) is 7.84. The van der Waals surface area contributed by atoms with Gasteiger partial charge in [0.2, 0.25) is 0 Å². The Bertz CT molecular complexity index is 462. The minimum atomic E-state index is -0.108. The Morgan fingerprint density at radius 1 is 1.25 bits per heavy atom. The van der Waals surface area contributed by atoms with E-state index < -0.39 is 0 Å². The summed E-state index contributed by atoms with van der Waals surface area (Å²) in [5.41, 5.74) is 0.543. The topological polar surface area (TPSA) is 44.4 Å². The molecule has 0 atom stereocenters. The van der Waals surface area contributed by atoms with Crippen molar-refractivity contribution in [2.24, 2.45) is 0 Å². The van der Waals surface area contributed by atoms with E-state index in [1.165, 1.54) is 0 Å². The SMILES string of the molecule is O=C(NCCCN1CCNCC1)c1ccc(Cl)c(Cl)c1. The molecule has 1 heterocycles. The van der Waals surface area contributed by atoms with Crippen LogP contribution in [0, 0.1) is 0 Å². The molecule has 4 nitrogen and oxygen atoms in total. The molecular weight excluding hydrogens is 297 g/mol. The molecule has 0 aliphatic carbocycles. The number of halogens is 2. The van der Waals surface area contributed by atoms with Gasteiger partial charge in [0.15, 0.2) is 0 Å². The molecular formula is C14H19Cl2N3O. The summed E-state index contributed by atoms with van der Waals surface area (Å²) >= 11 is 11.7. The van der Waals surface area contributed by atoms with Gasteiger partial charge in [-0.05, 0) is 31.2 Å². The number of piperazine rings is 1. The third-order valence-corrected chi connectivity index (χ3v) is 4.07. The lowest BCUT2D eigenvalue weighted by molar-refractivity contribution is 0.0951. The normalized spacial score (nSPS) is 16.1. The average molecular weight is 316 g/mol. The van der Waals surface area contributed by atoms with Gasteiger partial charge in [-0.3, -0.25) is 4.79 Å². The molecule has 1 amide bonds. The lowest BCUT2D eigenvalue weighted by Crippen LogP contribution is -2.44. The highest BCUT2D eigenvalue weighted by Gasteiger charge is 2.10. The van der Waals surface area contributed by atoms with Crippen LogP contribution in [0.1, 0.15) is 16.8 Å². The molecule has 0 unspecified atom stereocenters. The van der Waals surface area contributed by atoms with E-state index in [0.717, 1.165) is 39.1 Å². The van der Waals surface area contributed by atoms with Crippen LogP contribution in [0.2, 0.25) is 10.0 Å². The van der Waals surface area contributed by atoms with Gasteiger partial charge >= 0.3 is 0 Å². The highest BCUT2D eigenvalue weighted by Crippen LogP contribution is 2.22. The summed E-state index contributed by atoms with van der Waals surface area (Å²) in [5, 5.41) is 7.09. The van der Waals surface area contributed by atoms with Crippen molar-refractivity contribution in [1.82, 2.24) is 15.5 Å². The smallest absolute Gasteiger partial charge is 0.251 e. The summed E-state index contributed by atoms with van der Waals surface area (Å²) in [6.45, 7) is 5.96. The molecule has 1 aliphatic rings. The van der Waals surface area contributed by atoms with Crippen molar-refractivity contribution in [1.29, 1.82) is 0 Å². The molecule has 20 heavy (non-hydrogen) atoms. The fraction of sp³-hybridized carbons (Fsp3) is 0.500. The highest BCUT2D eigenvalue weighted by molar-refractivity contribution is 6.42. The number of carbonyl (C=O) groups excluding carboxylic acids is 1. The average Bonchev–Trinajstić information content (AvgIpc) is 2.47. The fourth-order valence-corrected chi connectivity index (χ4v) is 2.48. The first-order valence-electron chi connectivity index (χ1n) is 6.83. The van der Waals surface area contributed by atoms with Gasteiger partial charge in [-0.2, -0.15) is 0 Å². The molecule has 1 aromatic carbocycles. The van der Waals surface area contributed by atoms with Gasteiger partial charge < -0.3 is 15.5 Å². The van der Waals surface area contributed by atoms with Crippen LogP contribution in [0.4, 0.5) is 0 Å². The molecule has 1 aromatic rings. The standard InChI is InChI=1S/C14H19Cl2N3O/c15-12-3-2-11(10-13(12)16)14(20)18-4-1-7-19-8-5-17-6-9-19/h2-3,10,17H,1,4-9H2,(H,18,20). The van der Waals surface area contributed by atoms with E-state index in [0.29, 0.717) is 22.2 Å². The van der Waals surface area contributed by atoms with Crippen LogP contribution in [-0.4, -0.2) is 50.1 Å². The van der Waals surface area contributed by atoms with E-state index in [4.69, 9.17) is 23.2 Å². The van der Waals surface area contributed by atoms with Crippen LogP contribution in [0.25, 0.3) is 0 Å². The molecule has 0 bridgehead atoms. The monoisotopic (exact) mass is 315 g/mol. The van der Waals surface area contributed by atoms with Gasteiger partial charge in [0, 0.05) is 38.3 Å². The minimum Gasteiger partial charge on any atom is -0.352 e. The van der Waals surface area contributed by atoms with Crippen molar-refractivity contribution in [3.63, 3.8) is 0 Å². The lowest BCUT2D eigenvalue weighted by Gasteiger charge is -2.27. The number of benzene rings is 1. The van der Waals surface area contributed by atoms with E-state index in [2.05, 4.69) is 15.5 Å². The maximum absolute atomic E-state index is 11.9. The van der Waals surface area contributed by atoms with Gasteiger partial charge in [0.25, 0.3) is 5.91 Å². The first-order valence-corrected chi connectivity index (χ1v) is 7.59. The zero-order chi connectivity index (χ0) is 14.4. The second-order valence-corrected chi connectivity index (χ2v) is 5.64. The van der Waals surface area contributed by atoms with E-state index in [-0.39, 0.29) is 5.91 Å². The van der Waals surface area contributed by atoms with Gasteiger partial charge in [-0.25, -0.2) is 0 Å². The molecule has 110 valence electrons. The number of hydrogen-bond donors (Lipinski definition) is 2. The number of nitrogens with one attached hydrogen (secondary N) is 2. The summed E-state index contributed by atoms with van der Waals surface area (Å²) in [5.74, 6) is -0.108. The Kier molecular flexibility index (Phi) is 6.10. The van der Waals surface area contributed by atoms with E-state index >= 15 is 0 Å². The minimum absolute atomic E-state index is 0.108. The predicted octanol–water partition coefficient (Wildman–Crippen LogP) is 2.02. The summed E-state index contributed by atoms with van der Waals surface area (Å²) in [6, 6.07) is 4.91. The predicted molar refractivity (Wildman–Crippen MR) is 82.7 cm³/mol. The molecule has 1 fully saturated rings. The first-order chi connectivity index (χ1) is 9.66. The number of rotatable bonds is 5. The summed E-state index contributed by atoms with van der Waals surface area (Å²) in [7, 11) is 0. The van der Waals surface area contributed by atoms with Crippen LogP contribution in [0.15, 0.2) is 18.2 Å². The Morgan fingerprint density at radius 2 is 2.00 bits per heavy atom. The van der Waals surface area contributed by atoms with Crippen LogP contribution in [0.3, 0.4) is 0 Å². The van der Waals surface area contributed by atoms with Gasteiger partial charge in [0.1, 0.15) is 0 Å². The third-order valence-electron chi connectivity index (χ3n) is 3.33. The zero-order valence-corrected chi connectivity index (χ0v) is 12.8. The molecule has 2 rings (SSSR count). The van der Waals surface area contributed by atoms with Gasteiger partial charge in [-0.15, -0.1) is 0 Å². The summed E-state index contributed by atoms with van der Waals surface area (Å²) in [4.78, 5) is 14.3. The van der Waals surface area contributed by atoms with Crippen molar-refractivity contribution in [3.05, 3.63) is 33.8 Å². The molecule has 0 saturated carbocycles. The molecule has 6 heteroatoms. The summed E-state index contributed by atoms with van der Waals surface area (Å²) in [6.07, 6.45) is 0.951. The van der Waals surface area contributed by atoms with Crippen molar-refractivity contribution in [3.8, 4) is 0 Å². The Morgan fingerprint density at radius 3 is 2.70 bits per heavy atom. The largest absolute Gasteiger partial charge is 0.352 e. The highest BCUT2D eigenvalue weighted by atomic mass is 35.5. The van der Waals surface area contributed by atoms with Gasteiger partial charge in [0.05, 0.1) is 10.0 Å². The van der Waals surface area contributed by atoms with Crippen LogP contribution in [-0.2, 0) is 0 Å². The second-order valence-electron chi connectivity index (χ2n) is 4.83. The van der Waals surface area contributed by atoms with Crippen molar-refractivity contribution in [2.45, 2.75) is 6.42 Å². The fourth-order valence-electron chi connectivity index (χ4n) is 2.18. The third kappa shape index (κ3) is 4.63. The molecule has 1 saturated heterocycles. The number of hydrogen-bond acceptors (Lipinski definition) is 3. The summed E-state index contributed by atoms with van der Waals surface area (Å²) < 4.78 is 0. The van der Waals surface area contributed by atoms with Crippen LogP contribution in [0.5, 0.6) is 0 Å². The lowest BCUT2D eigenvalue weighted by atomic mass is 10.2. The maximum Gasteiger partial charge on any atom is 0.251 e. The van der Waals surface area contributed by atoms with E-state index in [1.54, 1.807) is 18.2 Å². The van der Waals surface area contributed by atoms with Crippen molar-refractivity contribution >= 4 is 29.1 Å². The number of amides is 1. The number of carbonyl (C=O) groups is 1. The zero-order valence-electron chi connectivity index (χ0n) is 11.3. The maximum atomic E-state index is 11.9. The molecule has 0 aromatic heterocycles. The van der Waals surface area contributed by atoms with Crippen LogP contribution < -0.4 is 10.6 Å². The quantitative estimate of drug-likeness (QED) is 0.817. The Hall–Kier alpha value is -0.810. The molecule has 0 radical (unpaired) electrons. The molecule has 0 spiro atoms. The Balaban J connectivity index is 1.70. The van der Waals surface area contributed by atoms with Crippen molar-refractivity contribution in [2.75, 3.05) is 39.3 Å².